The van der Waals surface area contributed by atoms with Crippen molar-refractivity contribution in [2.75, 3.05) is 0 Å². The molecule has 2 aromatic rings. The number of nitrogens with zero attached hydrogens (tertiary/aromatic N) is 6. The number of aliphatic imine (C=N–C) groups is 2. The molecule has 2 heterocycles. The summed E-state index contributed by atoms with van der Waals surface area (Å²) in [6.45, 7) is 9.28. The van der Waals surface area contributed by atoms with Crippen LogP contribution in [0.5, 0.6) is 0 Å². The maximum atomic E-state index is 13.4. The first kappa shape index (κ1) is 27.0. The van der Waals surface area contributed by atoms with Crippen LogP contribution in [0.4, 0.5) is 0 Å². The monoisotopic (exact) mass is 484 g/mol. The van der Waals surface area contributed by atoms with Crippen molar-refractivity contribution in [3.8, 4) is 0 Å². The molecule has 0 N–H and O–H groups in total. The Kier molecular flexibility index (Phi) is 9.52. The Hall–Kier alpha value is -2.64. The third-order valence-electron chi connectivity index (χ3n) is 7.49. The van der Waals surface area contributed by atoms with Gasteiger partial charge in [-0.25, -0.2) is 18.3 Å². The molecule has 8 heteroatoms. The number of rotatable bonds is 11. The fourth-order valence-electron chi connectivity index (χ4n) is 5.18. The summed E-state index contributed by atoms with van der Waals surface area (Å²) in [7, 11) is 3.78. The number of imidazole rings is 2. The topological polar surface area (TPSA) is 88.5 Å². The van der Waals surface area contributed by atoms with Crippen molar-refractivity contribution in [2.45, 2.75) is 104 Å². The Morgan fingerprint density at radius 3 is 2.40 bits per heavy atom. The van der Waals surface area contributed by atoms with E-state index >= 15 is 0 Å². The summed E-state index contributed by atoms with van der Waals surface area (Å²) in [5.74, 6) is 1.14. The van der Waals surface area contributed by atoms with Crippen molar-refractivity contribution in [1.29, 1.82) is 0 Å². The Balaban J connectivity index is 1.76. The van der Waals surface area contributed by atoms with Crippen LogP contribution in [0.1, 0.15) is 96.8 Å². The smallest absolute Gasteiger partial charge is 0.292 e. The standard InChI is InChI=1S/C27H44N6O2/c1-7-9-10-11-12-21(4)33-18-16-31(6)27(33)25(35)29-23-19-22(14-13-20(23)3)28-24(34)26-30(5)15-17-32(26)8-2/h15-18,20-23H,7-14,19H2,1-6H3. The molecule has 0 aromatic carbocycles. The molecule has 3 rings (SSSR count). The molecule has 0 aliphatic heterocycles. The maximum Gasteiger partial charge on any atom is 0.292 e. The van der Waals surface area contributed by atoms with E-state index in [9.17, 15) is 10.2 Å². The summed E-state index contributed by atoms with van der Waals surface area (Å²) in [6, 6.07) is 0.00750. The van der Waals surface area contributed by atoms with E-state index in [-0.39, 0.29) is 35.8 Å². The highest BCUT2D eigenvalue weighted by atomic mass is 16.3. The second kappa shape index (κ2) is 12.4. The number of aromatic nitrogens is 4. The van der Waals surface area contributed by atoms with Crippen molar-refractivity contribution < 1.29 is 19.3 Å². The molecule has 2 aromatic heterocycles. The van der Waals surface area contributed by atoms with Gasteiger partial charge < -0.3 is 10.2 Å². The second-order valence-electron chi connectivity index (χ2n) is 10.2. The number of unbranched alkanes of at least 4 members (excludes halogenated alkanes) is 3. The summed E-state index contributed by atoms with van der Waals surface area (Å²) < 4.78 is 7.70. The highest BCUT2D eigenvalue weighted by Gasteiger charge is 2.29. The predicted octanol–water partition coefficient (Wildman–Crippen LogP) is 1.96. The van der Waals surface area contributed by atoms with Crippen molar-refractivity contribution in [3.63, 3.8) is 0 Å². The molecule has 0 radical (unpaired) electrons. The second-order valence-corrected chi connectivity index (χ2v) is 10.2. The third-order valence-corrected chi connectivity index (χ3v) is 7.49. The Morgan fingerprint density at radius 1 is 1.00 bits per heavy atom. The van der Waals surface area contributed by atoms with E-state index < -0.39 is 0 Å². The van der Waals surface area contributed by atoms with Gasteiger partial charge in [-0.15, -0.1) is 0 Å². The average Bonchev–Trinajstić information content (AvgIpc) is 3.40. The van der Waals surface area contributed by atoms with Crippen molar-refractivity contribution >= 4 is 11.8 Å². The molecule has 0 spiro atoms. The van der Waals surface area contributed by atoms with Crippen LogP contribution in [0.3, 0.4) is 0 Å². The van der Waals surface area contributed by atoms with Crippen LogP contribution in [-0.2, 0) is 20.6 Å². The fourth-order valence-corrected chi connectivity index (χ4v) is 5.18. The maximum absolute atomic E-state index is 13.4. The van der Waals surface area contributed by atoms with Gasteiger partial charge in [0.25, 0.3) is 11.6 Å². The van der Waals surface area contributed by atoms with E-state index in [4.69, 9.17) is 0 Å². The Labute approximate surface area is 210 Å². The average molecular weight is 485 g/mol. The summed E-state index contributed by atoms with van der Waals surface area (Å²) in [5.41, 5.74) is 0. The van der Waals surface area contributed by atoms with Gasteiger partial charge in [0.15, 0.2) is 0 Å². The molecule has 4 atom stereocenters. The summed E-state index contributed by atoms with van der Waals surface area (Å²) in [5, 5.41) is 26.3. The van der Waals surface area contributed by atoms with Gasteiger partial charge in [0.1, 0.15) is 24.8 Å². The molecule has 8 nitrogen and oxygen atoms in total. The molecule has 0 saturated heterocycles. The van der Waals surface area contributed by atoms with Crippen LogP contribution in [-0.4, -0.2) is 33.0 Å². The molecular formula is C27H44N6O2. The van der Waals surface area contributed by atoms with Crippen LogP contribution in [0.25, 0.3) is 0 Å². The molecule has 1 aliphatic carbocycles. The molecule has 1 saturated carbocycles. The van der Waals surface area contributed by atoms with Crippen molar-refractivity contribution in [2.24, 2.45) is 30.0 Å². The molecule has 0 amide bonds. The van der Waals surface area contributed by atoms with Crippen molar-refractivity contribution in [1.82, 2.24) is 9.13 Å². The highest BCUT2D eigenvalue weighted by Crippen LogP contribution is 2.29. The van der Waals surface area contributed by atoms with Gasteiger partial charge in [0.05, 0.1) is 50.6 Å². The minimum absolute atomic E-state index is 0.113. The van der Waals surface area contributed by atoms with Crippen LogP contribution in [0.15, 0.2) is 34.8 Å². The summed E-state index contributed by atoms with van der Waals surface area (Å²) in [4.78, 5) is 9.23. The van der Waals surface area contributed by atoms with E-state index in [1.165, 1.54) is 19.3 Å². The van der Waals surface area contributed by atoms with Crippen molar-refractivity contribution in [3.05, 3.63) is 36.4 Å². The molecule has 35 heavy (non-hydrogen) atoms. The molecule has 1 aliphatic rings. The number of aryl methyl sites for hydroxylation is 3. The van der Waals surface area contributed by atoms with E-state index in [0.717, 1.165) is 32.2 Å². The van der Waals surface area contributed by atoms with E-state index in [1.54, 1.807) is 0 Å². The van der Waals surface area contributed by atoms with Gasteiger partial charge in [-0.1, -0.05) is 33.1 Å². The lowest BCUT2D eigenvalue weighted by Crippen LogP contribution is -2.43. The summed E-state index contributed by atoms with van der Waals surface area (Å²) >= 11 is 0. The molecule has 194 valence electrons. The van der Waals surface area contributed by atoms with Gasteiger partial charge in [0.2, 0.25) is 0 Å². The van der Waals surface area contributed by atoms with Crippen LogP contribution in [0, 0.1) is 5.92 Å². The summed E-state index contributed by atoms with van der Waals surface area (Å²) in [6.07, 6.45) is 16.0. The minimum Gasteiger partial charge on any atom is -0.853 e. The SMILES string of the molecule is CCCCCCC(C)n1cc[n+](C)c1C([O-])=NC1CC(N=C([O-])c2n(CC)cc[n+]2C)CCC1C. The largest absolute Gasteiger partial charge is 0.853 e. The van der Waals surface area contributed by atoms with Gasteiger partial charge >= 0.3 is 0 Å². The van der Waals surface area contributed by atoms with Gasteiger partial charge in [0, 0.05) is 0 Å². The Morgan fingerprint density at radius 2 is 1.69 bits per heavy atom. The normalized spacial score (nSPS) is 22.5. The molecule has 1 fully saturated rings. The van der Waals surface area contributed by atoms with E-state index in [0.29, 0.717) is 18.1 Å². The first-order valence-electron chi connectivity index (χ1n) is 13.4. The lowest BCUT2D eigenvalue weighted by Gasteiger charge is -2.31. The van der Waals surface area contributed by atoms with Crippen LogP contribution >= 0.6 is 0 Å². The van der Waals surface area contributed by atoms with Crippen LogP contribution in [0.2, 0.25) is 0 Å². The lowest BCUT2D eigenvalue weighted by atomic mass is 9.83. The lowest BCUT2D eigenvalue weighted by molar-refractivity contribution is -0.674. The predicted molar refractivity (Wildman–Crippen MR) is 134 cm³/mol. The molecular weight excluding hydrogens is 440 g/mol. The fraction of sp³-hybridized carbons (Fsp3) is 0.704. The Bertz CT molecular complexity index is 1020. The minimum atomic E-state index is -0.193. The number of hydrogen-bond acceptors (Lipinski definition) is 4. The van der Waals surface area contributed by atoms with Gasteiger partial charge in [-0.3, -0.25) is 9.98 Å². The first-order chi connectivity index (χ1) is 16.8. The van der Waals surface area contributed by atoms with E-state index in [2.05, 4.69) is 35.3 Å². The third kappa shape index (κ3) is 6.53. The quantitative estimate of drug-likeness (QED) is 0.211. The number of hydrogen-bond donors (Lipinski definition) is 0. The van der Waals surface area contributed by atoms with Gasteiger partial charge in [-0.05, 0) is 51.9 Å². The molecule has 4 unspecified atom stereocenters. The zero-order chi connectivity index (χ0) is 25.5. The zero-order valence-electron chi connectivity index (χ0n) is 22.5. The highest BCUT2D eigenvalue weighted by molar-refractivity contribution is 5.86. The molecule has 0 bridgehead atoms. The zero-order valence-corrected chi connectivity index (χ0v) is 22.5. The van der Waals surface area contributed by atoms with E-state index in [1.807, 2.05) is 59.5 Å². The van der Waals surface area contributed by atoms with Crippen LogP contribution < -0.4 is 19.3 Å². The van der Waals surface area contributed by atoms with Gasteiger partial charge in [-0.2, -0.15) is 0 Å². The first-order valence-corrected chi connectivity index (χ1v) is 13.4.